The van der Waals surface area contributed by atoms with Crippen LogP contribution in [0.25, 0.3) is 0 Å². The highest BCUT2D eigenvalue weighted by Gasteiger charge is 2.07. The van der Waals surface area contributed by atoms with E-state index in [1.165, 1.54) is 11.8 Å². The van der Waals surface area contributed by atoms with Gasteiger partial charge in [-0.05, 0) is 42.3 Å². The number of hydrogen-bond acceptors (Lipinski definition) is 3. The van der Waals surface area contributed by atoms with Gasteiger partial charge in [0.25, 0.3) is 5.91 Å². The number of aryl methyl sites for hydroxylation is 1. The first-order chi connectivity index (χ1) is 13.1. The molecule has 1 heterocycles. The molecule has 2 N–H and O–H groups in total. The molecule has 0 fully saturated rings. The number of nitrogens with one attached hydrogen (secondary N) is 2. The topological polar surface area (TPSA) is 71.1 Å². The molecule has 0 bridgehead atoms. The molecule has 3 rings (SSSR count). The lowest BCUT2D eigenvalue weighted by Gasteiger charge is -2.09. The maximum Gasteiger partial charge on any atom is 0.257 e. The van der Waals surface area contributed by atoms with Crippen LogP contribution in [0.5, 0.6) is 0 Å². The van der Waals surface area contributed by atoms with E-state index < -0.39 is 0 Å². The molecule has 2 amide bonds. The second-order valence-electron chi connectivity index (χ2n) is 6.34. The molecule has 0 spiro atoms. The summed E-state index contributed by atoms with van der Waals surface area (Å²) in [6.45, 7) is 2.42. The van der Waals surface area contributed by atoms with E-state index in [4.69, 9.17) is 0 Å². The second kappa shape index (κ2) is 8.76. The highest BCUT2D eigenvalue weighted by Crippen LogP contribution is 2.12. The van der Waals surface area contributed by atoms with Crippen LogP contribution < -0.4 is 10.6 Å². The third-order valence-electron chi connectivity index (χ3n) is 4.08. The Morgan fingerprint density at radius 1 is 0.963 bits per heavy atom. The van der Waals surface area contributed by atoms with Gasteiger partial charge in [-0.25, -0.2) is 0 Å². The number of hydrogen-bond donors (Lipinski definition) is 2. The average Bonchev–Trinajstić information content (AvgIpc) is 2.69. The number of carbonyl (C=O) groups excluding carboxylic acids is 2. The highest BCUT2D eigenvalue weighted by molar-refractivity contribution is 6.04. The third kappa shape index (κ3) is 5.51. The smallest absolute Gasteiger partial charge is 0.257 e. The largest absolute Gasteiger partial charge is 0.352 e. The van der Waals surface area contributed by atoms with Crippen LogP contribution in [0.4, 0.5) is 5.69 Å². The third-order valence-corrected chi connectivity index (χ3v) is 4.08. The van der Waals surface area contributed by atoms with Gasteiger partial charge in [0.15, 0.2) is 0 Å². The number of aromatic nitrogens is 1. The summed E-state index contributed by atoms with van der Waals surface area (Å²) in [5.74, 6) is -0.257. The molecular formula is C22H21N3O2. The fourth-order valence-electron chi connectivity index (χ4n) is 2.61. The Morgan fingerprint density at radius 3 is 2.52 bits per heavy atom. The zero-order valence-electron chi connectivity index (χ0n) is 15.1. The van der Waals surface area contributed by atoms with Gasteiger partial charge in [0.2, 0.25) is 5.91 Å². The lowest BCUT2D eigenvalue weighted by atomic mass is 10.1. The quantitative estimate of drug-likeness (QED) is 0.708. The van der Waals surface area contributed by atoms with Crippen LogP contribution in [-0.2, 0) is 17.8 Å². The minimum Gasteiger partial charge on any atom is -0.352 e. The van der Waals surface area contributed by atoms with Crippen molar-refractivity contribution in [1.29, 1.82) is 0 Å². The number of rotatable bonds is 6. The van der Waals surface area contributed by atoms with Crippen LogP contribution in [0, 0.1) is 6.92 Å². The molecular weight excluding hydrogens is 338 g/mol. The summed E-state index contributed by atoms with van der Waals surface area (Å²) in [7, 11) is 0. The molecule has 5 heteroatoms. The minimum absolute atomic E-state index is 0.0383. The van der Waals surface area contributed by atoms with Crippen molar-refractivity contribution in [3.8, 4) is 0 Å². The van der Waals surface area contributed by atoms with Gasteiger partial charge in [-0.2, -0.15) is 0 Å². The summed E-state index contributed by atoms with van der Waals surface area (Å²) in [6.07, 6.45) is 3.49. The first-order valence-electron chi connectivity index (χ1n) is 8.73. The Balaban J connectivity index is 1.55. The van der Waals surface area contributed by atoms with E-state index in [2.05, 4.69) is 15.6 Å². The molecule has 1 aromatic heterocycles. The van der Waals surface area contributed by atoms with Crippen LogP contribution in [0.1, 0.15) is 27.0 Å². The maximum absolute atomic E-state index is 12.2. The van der Waals surface area contributed by atoms with Crippen molar-refractivity contribution >= 4 is 17.5 Å². The number of pyridine rings is 1. The summed E-state index contributed by atoms with van der Waals surface area (Å²) in [5, 5.41) is 5.75. The van der Waals surface area contributed by atoms with Crippen molar-refractivity contribution in [3.05, 3.63) is 95.3 Å². The Hall–Kier alpha value is -3.47. The van der Waals surface area contributed by atoms with Crippen LogP contribution in [-0.4, -0.2) is 16.8 Å². The number of nitrogens with zero attached hydrogens (tertiary/aromatic N) is 1. The Labute approximate surface area is 158 Å². The van der Waals surface area contributed by atoms with E-state index in [-0.39, 0.29) is 11.8 Å². The van der Waals surface area contributed by atoms with Crippen molar-refractivity contribution < 1.29 is 9.59 Å². The van der Waals surface area contributed by atoms with Crippen molar-refractivity contribution in [3.63, 3.8) is 0 Å². The molecule has 5 nitrogen and oxygen atoms in total. The number of carbonyl (C=O) groups is 2. The van der Waals surface area contributed by atoms with Crippen molar-refractivity contribution in [1.82, 2.24) is 10.3 Å². The molecule has 0 saturated heterocycles. The zero-order valence-corrected chi connectivity index (χ0v) is 15.1. The van der Waals surface area contributed by atoms with Gasteiger partial charge >= 0.3 is 0 Å². The predicted octanol–water partition coefficient (Wildman–Crippen LogP) is 3.50. The summed E-state index contributed by atoms with van der Waals surface area (Å²) < 4.78 is 0. The first-order valence-corrected chi connectivity index (χ1v) is 8.73. The fraction of sp³-hybridized carbons (Fsp3) is 0.136. The lowest BCUT2D eigenvalue weighted by Crippen LogP contribution is -2.24. The van der Waals surface area contributed by atoms with E-state index in [0.29, 0.717) is 24.2 Å². The van der Waals surface area contributed by atoms with Gasteiger partial charge < -0.3 is 10.6 Å². The molecule has 0 aliphatic heterocycles. The van der Waals surface area contributed by atoms with Crippen LogP contribution in [0.2, 0.25) is 0 Å². The average molecular weight is 359 g/mol. The summed E-state index contributed by atoms with van der Waals surface area (Å²) in [4.78, 5) is 28.3. The van der Waals surface area contributed by atoms with Gasteiger partial charge in [0.1, 0.15) is 0 Å². The zero-order chi connectivity index (χ0) is 19.1. The molecule has 0 aliphatic rings. The molecule has 0 saturated carbocycles. The van der Waals surface area contributed by atoms with Gasteiger partial charge in [0, 0.05) is 24.6 Å². The number of amides is 2. The fourth-order valence-corrected chi connectivity index (χ4v) is 2.61. The summed E-state index contributed by atoms with van der Waals surface area (Å²) in [5.41, 5.74) is 4.24. The SMILES string of the molecule is Cc1ccc(CC(=O)NCc2cccc(NC(=O)c3cccnc3)c2)cc1. The normalized spacial score (nSPS) is 10.3. The molecule has 0 radical (unpaired) electrons. The van der Waals surface area contributed by atoms with E-state index in [1.807, 2.05) is 55.5 Å². The van der Waals surface area contributed by atoms with Crippen LogP contribution in [0.3, 0.4) is 0 Å². The molecule has 27 heavy (non-hydrogen) atoms. The summed E-state index contributed by atoms with van der Waals surface area (Å²) in [6, 6.07) is 18.8. The van der Waals surface area contributed by atoms with Gasteiger partial charge in [0.05, 0.1) is 12.0 Å². The molecule has 2 aromatic carbocycles. The summed E-state index contributed by atoms with van der Waals surface area (Å²) >= 11 is 0. The Bertz CT molecular complexity index is 922. The molecule has 3 aromatic rings. The Kier molecular flexibility index (Phi) is 5.94. The maximum atomic E-state index is 12.2. The minimum atomic E-state index is -0.219. The van der Waals surface area contributed by atoms with Crippen molar-refractivity contribution in [2.75, 3.05) is 5.32 Å². The van der Waals surface area contributed by atoms with Crippen molar-refractivity contribution in [2.45, 2.75) is 19.9 Å². The van der Waals surface area contributed by atoms with Gasteiger partial charge in [-0.15, -0.1) is 0 Å². The molecule has 0 unspecified atom stereocenters. The van der Waals surface area contributed by atoms with E-state index >= 15 is 0 Å². The highest BCUT2D eigenvalue weighted by atomic mass is 16.2. The van der Waals surface area contributed by atoms with E-state index in [0.717, 1.165) is 11.1 Å². The Morgan fingerprint density at radius 2 is 1.78 bits per heavy atom. The van der Waals surface area contributed by atoms with Crippen LogP contribution in [0.15, 0.2) is 73.1 Å². The van der Waals surface area contributed by atoms with E-state index in [9.17, 15) is 9.59 Å². The lowest BCUT2D eigenvalue weighted by molar-refractivity contribution is -0.120. The molecule has 0 atom stereocenters. The first kappa shape index (κ1) is 18.3. The molecule has 136 valence electrons. The second-order valence-corrected chi connectivity index (χ2v) is 6.34. The van der Waals surface area contributed by atoms with E-state index in [1.54, 1.807) is 18.3 Å². The monoisotopic (exact) mass is 359 g/mol. The van der Waals surface area contributed by atoms with Crippen LogP contribution >= 0.6 is 0 Å². The van der Waals surface area contributed by atoms with Crippen molar-refractivity contribution in [2.24, 2.45) is 0 Å². The standard InChI is InChI=1S/C22H21N3O2/c1-16-7-9-17(10-8-16)13-21(26)24-14-18-4-2-6-20(12-18)25-22(27)19-5-3-11-23-15-19/h2-12,15H,13-14H2,1H3,(H,24,26)(H,25,27). The van der Waals surface area contributed by atoms with Gasteiger partial charge in [-0.1, -0.05) is 42.0 Å². The molecule has 0 aliphatic carbocycles. The van der Waals surface area contributed by atoms with Gasteiger partial charge in [-0.3, -0.25) is 14.6 Å². The number of anilines is 1. The predicted molar refractivity (Wildman–Crippen MR) is 105 cm³/mol. The number of benzene rings is 2.